The molecule has 0 aliphatic heterocycles. The van der Waals surface area contributed by atoms with E-state index in [0.29, 0.717) is 13.2 Å². The Bertz CT molecular complexity index is 819. The Kier molecular flexibility index (Phi) is 7.72. The SMILES string of the molecule is Cl.Fc1ccc(NCCOc2cccc(C=Cc3ccccc3)c2)cc1. The zero-order valence-electron chi connectivity index (χ0n) is 14.3. The van der Waals surface area contributed by atoms with Gasteiger partial charge in [0.05, 0.1) is 0 Å². The maximum Gasteiger partial charge on any atom is 0.123 e. The van der Waals surface area contributed by atoms with Crippen LogP contribution in [0.5, 0.6) is 5.75 Å². The molecule has 0 saturated carbocycles. The van der Waals surface area contributed by atoms with E-state index < -0.39 is 0 Å². The minimum atomic E-state index is -0.234. The molecule has 3 aromatic rings. The number of rotatable bonds is 7. The normalized spacial score (nSPS) is 10.3. The molecule has 0 aliphatic carbocycles. The minimum absolute atomic E-state index is 0. The van der Waals surface area contributed by atoms with Crippen molar-refractivity contribution in [2.75, 3.05) is 18.5 Å². The summed E-state index contributed by atoms with van der Waals surface area (Å²) < 4.78 is 18.6. The van der Waals surface area contributed by atoms with Crippen LogP contribution in [-0.4, -0.2) is 13.2 Å². The summed E-state index contributed by atoms with van der Waals surface area (Å²) in [4.78, 5) is 0. The zero-order chi connectivity index (χ0) is 17.3. The van der Waals surface area contributed by atoms with Crippen molar-refractivity contribution in [3.05, 3.63) is 95.8 Å². The summed E-state index contributed by atoms with van der Waals surface area (Å²) in [5, 5.41) is 3.20. The number of anilines is 1. The second-order valence-electron chi connectivity index (χ2n) is 5.60. The van der Waals surface area contributed by atoms with Crippen LogP contribution in [0, 0.1) is 5.82 Å². The van der Waals surface area contributed by atoms with Crippen LogP contribution in [0.1, 0.15) is 11.1 Å². The summed E-state index contributed by atoms with van der Waals surface area (Å²) in [5.74, 6) is 0.596. The van der Waals surface area contributed by atoms with Crippen molar-refractivity contribution < 1.29 is 9.13 Å². The van der Waals surface area contributed by atoms with Crippen molar-refractivity contribution in [3.8, 4) is 5.75 Å². The Morgan fingerprint density at radius 2 is 1.50 bits per heavy atom. The largest absolute Gasteiger partial charge is 0.492 e. The third-order valence-corrected chi connectivity index (χ3v) is 3.67. The summed E-state index contributed by atoms with van der Waals surface area (Å²) in [7, 11) is 0. The fourth-order valence-electron chi connectivity index (χ4n) is 2.40. The van der Waals surface area contributed by atoms with Crippen LogP contribution < -0.4 is 10.1 Å². The quantitative estimate of drug-likeness (QED) is 0.413. The van der Waals surface area contributed by atoms with Gasteiger partial charge in [-0.05, 0) is 47.5 Å². The zero-order valence-corrected chi connectivity index (χ0v) is 15.1. The molecule has 0 spiro atoms. The molecular weight excluding hydrogens is 349 g/mol. The number of ether oxygens (including phenoxy) is 1. The number of nitrogens with one attached hydrogen (secondary N) is 1. The van der Waals surface area contributed by atoms with E-state index >= 15 is 0 Å². The number of benzene rings is 3. The van der Waals surface area contributed by atoms with Crippen molar-refractivity contribution in [3.63, 3.8) is 0 Å². The summed E-state index contributed by atoms with van der Waals surface area (Å²) in [6.45, 7) is 1.18. The first-order valence-corrected chi connectivity index (χ1v) is 8.25. The molecule has 0 heterocycles. The smallest absolute Gasteiger partial charge is 0.123 e. The summed E-state index contributed by atoms with van der Waals surface area (Å²) >= 11 is 0. The Balaban J connectivity index is 0.00000243. The van der Waals surface area contributed by atoms with Crippen LogP contribution >= 0.6 is 12.4 Å². The van der Waals surface area contributed by atoms with E-state index in [9.17, 15) is 4.39 Å². The third kappa shape index (κ3) is 6.26. The molecule has 3 rings (SSSR count). The molecule has 3 aromatic carbocycles. The monoisotopic (exact) mass is 369 g/mol. The average molecular weight is 370 g/mol. The maximum atomic E-state index is 12.8. The van der Waals surface area contributed by atoms with Crippen LogP contribution in [0.2, 0.25) is 0 Å². The standard InChI is InChI=1S/C22H20FNO.ClH/c23-20-11-13-21(14-12-20)24-15-16-25-22-8-4-7-19(17-22)10-9-18-5-2-1-3-6-18;/h1-14,17,24H,15-16H2;1H. The number of hydrogen-bond acceptors (Lipinski definition) is 2. The van der Waals surface area contributed by atoms with Crippen LogP contribution in [0.3, 0.4) is 0 Å². The second kappa shape index (κ2) is 10.3. The van der Waals surface area contributed by atoms with E-state index in [4.69, 9.17) is 4.74 Å². The Morgan fingerprint density at radius 3 is 2.27 bits per heavy atom. The first-order valence-electron chi connectivity index (χ1n) is 8.25. The topological polar surface area (TPSA) is 21.3 Å². The molecule has 0 bridgehead atoms. The van der Waals surface area contributed by atoms with Gasteiger partial charge in [0, 0.05) is 12.2 Å². The predicted molar refractivity (Wildman–Crippen MR) is 109 cm³/mol. The molecule has 4 heteroatoms. The highest BCUT2D eigenvalue weighted by Crippen LogP contribution is 2.16. The highest BCUT2D eigenvalue weighted by Gasteiger charge is 1.96. The van der Waals surface area contributed by atoms with Crippen LogP contribution in [0.25, 0.3) is 12.2 Å². The first kappa shape index (κ1) is 19.5. The van der Waals surface area contributed by atoms with Gasteiger partial charge in [-0.1, -0.05) is 54.6 Å². The molecule has 26 heavy (non-hydrogen) atoms. The molecule has 0 radical (unpaired) electrons. The lowest BCUT2D eigenvalue weighted by Crippen LogP contribution is -2.11. The molecule has 0 amide bonds. The maximum absolute atomic E-state index is 12.8. The third-order valence-electron chi connectivity index (χ3n) is 3.67. The van der Waals surface area contributed by atoms with Crippen molar-refractivity contribution in [1.29, 1.82) is 0 Å². The Morgan fingerprint density at radius 1 is 0.808 bits per heavy atom. The fraction of sp³-hybridized carbons (Fsp3) is 0.0909. The molecule has 1 N–H and O–H groups in total. The molecular formula is C22H21ClFNO. The van der Waals surface area contributed by atoms with Gasteiger partial charge in [-0.25, -0.2) is 4.39 Å². The summed E-state index contributed by atoms with van der Waals surface area (Å²) in [6.07, 6.45) is 4.15. The van der Waals surface area contributed by atoms with E-state index in [-0.39, 0.29) is 18.2 Å². The van der Waals surface area contributed by atoms with Gasteiger partial charge in [0.2, 0.25) is 0 Å². The van der Waals surface area contributed by atoms with Crippen LogP contribution in [0.15, 0.2) is 78.9 Å². The molecule has 0 atom stereocenters. The van der Waals surface area contributed by atoms with Gasteiger partial charge >= 0.3 is 0 Å². The number of halogens is 2. The van der Waals surface area contributed by atoms with Gasteiger partial charge in [0.25, 0.3) is 0 Å². The van der Waals surface area contributed by atoms with Crippen molar-refractivity contribution in [2.24, 2.45) is 0 Å². The van der Waals surface area contributed by atoms with E-state index in [2.05, 4.69) is 29.6 Å². The first-order chi connectivity index (χ1) is 12.3. The Labute approximate surface area is 159 Å². The van der Waals surface area contributed by atoms with Gasteiger partial charge in [-0.15, -0.1) is 12.4 Å². The van der Waals surface area contributed by atoms with Gasteiger partial charge in [0.15, 0.2) is 0 Å². The van der Waals surface area contributed by atoms with E-state index in [0.717, 1.165) is 22.6 Å². The summed E-state index contributed by atoms with van der Waals surface area (Å²) in [5.41, 5.74) is 3.13. The molecule has 0 saturated heterocycles. The average Bonchev–Trinajstić information content (AvgIpc) is 2.66. The number of hydrogen-bond donors (Lipinski definition) is 1. The predicted octanol–water partition coefficient (Wildman–Crippen LogP) is 5.91. The highest BCUT2D eigenvalue weighted by atomic mass is 35.5. The molecule has 2 nitrogen and oxygen atoms in total. The van der Waals surface area contributed by atoms with Gasteiger partial charge in [0.1, 0.15) is 18.2 Å². The van der Waals surface area contributed by atoms with E-state index in [1.54, 1.807) is 12.1 Å². The summed E-state index contributed by atoms with van der Waals surface area (Å²) in [6, 6.07) is 24.5. The van der Waals surface area contributed by atoms with Crippen molar-refractivity contribution in [1.82, 2.24) is 0 Å². The van der Waals surface area contributed by atoms with Gasteiger partial charge in [-0.3, -0.25) is 0 Å². The van der Waals surface area contributed by atoms with Gasteiger partial charge in [-0.2, -0.15) is 0 Å². The molecule has 0 unspecified atom stereocenters. The molecule has 134 valence electrons. The lowest BCUT2D eigenvalue weighted by atomic mass is 10.1. The molecule has 0 aromatic heterocycles. The second-order valence-corrected chi connectivity index (χ2v) is 5.60. The van der Waals surface area contributed by atoms with Crippen molar-refractivity contribution >= 4 is 30.2 Å². The minimum Gasteiger partial charge on any atom is -0.492 e. The molecule has 0 aliphatic rings. The highest BCUT2D eigenvalue weighted by molar-refractivity contribution is 5.85. The fourth-order valence-corrected chi connectivity index (χ4v) is 2.40. The lowest BCUT2D eigenvalue weighted by Gasteiger charge is -2.09. The lowest BCUT2D eigenvalue weighted by molar-refractivity contribution is 0.333. The Hall–Kier alpha value is -2.78. The van der Waals surface area contributed by atoms with E-state index in [1.807, 2.05) is 42.5 Å². The van der Waals surface area contributed by atoms with Crippen molar-refractivity contribution in [2.45, 2.75) is 0 Å². The van der Waals surface area contributed by atoms with Gasteiger partial charge < -0.3 is 10.1 Å². The van der Waals surface area contributed by atoms with E-state index in [1.165, 1.54) is 12.1 Å². The molecule has 0 fully saturated rings. The van der Waals surface area contributed by atoms with Crippen LogP contribution in [-0.2, 0) is 0 Å². The van der Waals surface area contributed by atoms with Crippen LogP contribution in [0.4, 0.5) is 10.1 Å².